The summed E-state index contributed by atoms with van der Waals surface area (Å²) in [4.78, 5) is 14.0. The van der Waals surface area contributed by atoms with Crippen molar-refractivity contribution in [3.05, 3.63) is 59.4 Å². The normalized spacial score (nSPS) is 11.1. The maximum Gasteiger partial charge on any atom is 0.253 e. The third-order valence-electron chi connectivity index (χ3n) is 3.64. The lowest BCUT2D eigenvalue weighted by Gasteiger charge is -2.18. The molecule has 0 atom stereocenters. The van der Waals surface area contributed by atoms with Crippen molar-refractivity contribution in [2.24, 2.45) is 0 Å². The highest BCUT2D eigenvalue weighted by atomic mass is 32.2. The number of ether oxygens (including phenoxy) is 1. The molecule has 2 rings (SSSR count). The standard InChI is InChI=1S/C18H21FN2O4S/c1-13-4-5-14(12-17(13)20-26(3,23)24)18(22)21(2)10-11-25-16-8-6-15(19)7-9-16/h4-9,12,20H,10-11H2,1-3H3. The first-order chi connectivity index (χ1) is 12.2. The second-order valence-corrected chi connectivity index (χ2v) is 7.68. The predicted molar refractivity (Wildman–Crippen MR) is 98.5 cm³/mol. The van der Waals surface area contributed by atoms with E-state index in [9.17, 15) is 17.6 Å². The van der Waals surface area contributed by atoms with Crippen LogP contribution in [-0.4, -0.2) is 45.7 Å². The van der Waals surface area contributed by atoms with Crippen LogP contribution in [-0.2, 0) is 10.0 Å². The fourth-order valence-corrected chi connectivity index (χ4v) is 2.84. The Morgan fingerprint density at radius 1 is 1.19 bits per heavy atom. The number of likely N-dealkylation sites (N-methyl/N-ethyl adjacent to an activating group) is 1. The molecule has 0 aliphatic heterocycles. The van der Waals surface area contributed by atoms with Crippen LogP contribution in [0.4, 0.5) is 10.1 Å². The molecule has 6 nitrogen and oxygen atoms in total. The molecule has 0 radical (unpaired) electrons. The highest BCUT2D eigenvalue weighted by molar-refractivity contribution is 7.92. The summed E-state index contributed by atoms with van der Waals surface area (Å²) in [7, 11) is -1.81. The van der Waals surface area contributed by atoms with Gasteiger partial charge in [0, 0.05) is 12.6 Å². The smallest absolute Gasteiger partial charge is 0.253 e. The van der Waals surface area contributed by atoms with E-state index in [4.69, 9.17) is 4.74 Å². The number of amides is 1. The van der Waals surface area contributed by atoms with E-state index in [1.807, 2.05) is 0 Å². The average molecular weight is 380 g/mol. The van der Waals surface area contributed by atoms with E-state index in [2.05, 4.69) is 4.72 Å². The Morgan fingerprint density at radius 3 is 2.46 bits per heavy atom. The lowest BCUT2D eigenvalue weighted by molar-refractivity contribution is 0.0774. The number of halogens is 1. The Labute approximate surface area is 152 Å². The molecule has 0 aliphatic rings. The summed E-state index contributed by atoms with van der Waals surface area (Å²) in [5.41, 5.74) is 1.45. The fraction of sp³-hybridized carbons (Fsp3) is 0.278. The second-order valence-electron chi connectivity index (χ2n) is 5.93. The lowest BCUT2D eigenvalue weighted by atomic mass is 10.1. The molecule has 0 bridgehead atoms. The van der Waals surface area contributed by atoms with Crippen molar-refractivity contribution >= 4 is 21.6 Å². The average Bonchev–Trinajstić information content (AvgIpc) is 2.56. The van der Waals surface area contributed by atoms with Crippen molar-refractivity contribution in [2.75, 3.05) is 31.2 Å². The molecular formula is C18H21FN2O4S. The zero-order chi connectivity index (χ0) is 19.3. The molecule has 0 unspecified atom stereocenters. The maximum absolute atomic E-state index is 12.8. The first-order valence-electron chi connectivity index (χ1n) is 7.88. The topological polar surface area (TPSA) is 75.7 Å². The number of nitrogens with zero attached hydrogens (tertiary/aromatic N) is 1. The highest BCUT2D eigenvalue weighted by Gasteiger charge is 2.14. The van der Waals surface area contributed by atoms with Gasteiger partial charge in [0.2, 0.25) is 10.0 Å². The number of hydrogen-bond acceptors (Lipinski definition) is 4. The van der Waals surface area contributed by atoms with Crippen LogP contribution in [0.25, 0.3) is 0 Å². The third-order valence-corrected chi connectivity index (χ3v) is 4.23. The number of rotatable bonds is 7. The number of nitrogens with one attached hydrogen (secondary N) is 1. The van der Waals surface area contributed by atoms with Crippen molar-refractivity contribution < 1.29 is 22.3 Å². The molecule has 8 heteroatoms. The molecule has 26 heavy (non-hydrogen) atoms. The van der Waals surface area contributed by atoms with Crippen molar-refractivity contribution in [1.82, 2.24) is 4.90 Å². The van der Waals surface area contributed by atoms with E-state index in [1.54, 1.807) is 26.1 Å². The largest absolute Gasteiger partial charge is 0.492 e. The zero-order valence-corrected chi connectivity index (χ0v) is 15.6. The highest BCUT2D eigenvalue weighted by Crippen LogP contribution is 2.19. The molecule has 0 aromatic heterocycles. The number of hydrogen-bond donors (Lipinski definition) is 1. The molecule has 1 N–H and O–H groups in total. The van der Waals surface area contributed by atoms with E-state index in [1.165, 1.54) is 35.2 Å². The van der Waals surface area contributed by atoms with Gasteiger partial charge in [0.25, 0.3) is 5.91 Å². The first-order valence-corrected chi connectivity index (χ1v) is 9.77. The van der Waals surface area contributed by atoms with Crippen molar-refractivity contribution in [3.63, 3.8) is 0 Å². The molecule has 1 amide bonds. The summed E-state index contributed by atoms with van der Waals surface area (Å²) in [5, 5.41) is 0. The number of benzene rings is 2. The summed E-state index contributed by atoms with van der Waals surface area (Å²) in [6, 6.07) is 10.5. The van der Waals surface area contributed by atoms with Crippen molar-refractivity contribution in [2.45, 2.75) is 6.92 Å². The number of sulfonamides is 1. The molecule has 0 aliphatic carbocycles. The van der Waals surface area contributed by atoms with E-state index >= 15 is 0 Å². The number of anilines is 1. The van der Waals surface area contributed by atoms with Gasteiger partial charge in [-0.15, -0.1) is 0 Å². The van der Waals surface area contributed by atoms with E-state index < -0.39 is 10.0 Å². The monoisotopic (exact) mass is 380 g/mol. The Kier molecular flexibility index (Phi) is 6.20. The van der Waals surface area contributed by atoms with Crippen molar-refractivity contribution in [3.8, 4) is 5.75 Å². The van der Waals surface area contributed by atoms with Gasteiger partial charge in [0.05, 0.1) is 18.5 Å². The van der Waals surface area contributed by atoms with Crippen LogP contribution in [0.3, 0.4) is 0 Å². The van der Waals surface area contributed by atoms with Gasteiger partial charge in [0.1, 0.15) is 18.2 Å². The molecular weight excluding hydrogens is 359 g/mol. The first kappa shape index (κ1) is 19.7. The second kappa shape index (κ2) is 8.18. The molecule has 0 saturated carbocycles. The van der Waals surface area contributed by atoms with Gasteiger partial charge in [-0.3, -0.25) is 9.52 Å². The lowest BCUT2D eigenvalue weighted by Crippen LogP contribution is -2.31. The molecule has 0 fully saturated rings. The molecule has 2 aromatic carbocycles. The molecule has 0 saturated heterocycles. The number of carbonyl (C=O) groups is 1. The number of carbonyl (C=O) groups excluding carboxylic acids is 1. The summed E-state index contributed by atoms with van der Waals surface area (Å²) in [6.45, 7) is 2.31. The minimum absolute atomic E-state index is 0.244. The Morgan fingerprint density at radius 2 is 1.85 bits per heavy atom. The minimum Gasteiger partial charge on any atom is -0.492 e. The van der Waals surface area contributed by atoms with Crippen LogP contribution in [0.1, 0.15) is 15.9 Å². The van der Waals surface area contributed by atoms with Gasteiger partial charge < -0.3 is 9.64 Å². The molecule has 2 aromatic rings. The van der Waals surface area contributed by atoms with Crippen LogP contribution in [0.2, 0.25) is 0 Å². The van der Waals surface area contributed by atoms with Crippen LogP contribution >= 0.6 is 0 Å². The van der Waals surface area contributed by atoms with Gasteiger partial charge in [-0.2, -0.15) is 0 Å². The summed E-state index contributed by atoms with van der Waals surface area (Å²) in [5.74, 6) is -0.0889. The third kappa shape index (κ3) is 5.73. The SMILES string of the molecule is Cc1ccc(C(=O)N(C)CCOc2ccc(F)cc2)cc1NS(C)(=O)=O. The maximum atomic E-state index is 12.8. The number of aryl methyl sites for hydroxylation is 1. The fourth-order valence-electron chi connectivity index (χ4n) is 2.22. The van der Waals surface area contributed by atoms with Crippen LogP contribution in [0, 0.1) is 12.7 Å². The molecule has 140 valence electrons. The van der Waals surface area contributed by atoms with Crippen LogP contribution in [0.5, 0.6) is 5.75 Å². The summed E-state index contributed by atoms with van der Waals surface area (Å²) >= 11 is 0. The molecule has 0 heterocycles. The van der Waals surface area contributed by atoms with Gasteiger partial charge in [-0.25, -0.2) is 12.8 Å². The van der Waals surface area contributed by atoms with Crippen LogP contribution in [0.15, 0.2) is 42.5 Å². The Hall–Kier alpha value is -2.61. The van der Waals surface area contributed by atoms with Gasteiger partial charge in [-0.1, -0.05) is 6.07 Å². The predicted octanol–water partition coefficient (Wildman–Crippen LogP) is 2.66. The Bertz CT molecular complexity index is 883. The van der Waals surface area contributed by atoms with E-state index in [0.717, 1.165) is 6.26 Å². The van der Waals surface area contributed by atoms with Crippen LogP contribution < -0.4 is 9.46 Å². The van der Waals surface area contributed by atoms with Gasteiger partial charge >= 0.3 is 0 Å². The van der Waals surface area contributed by atoms with Gasteiger partial charge in [0.15, 0.2) is 0 Å². The van der Waals surface area contributed by atoms with E-state index in [-0.39, 0.29) is 18.3 Å². The Balaban J connectivity index is 1.98. The quantitative estimate of drug-likeness (QED) is 0.801. The van der Waals surface area contributed by atoms with E-state index in [0.29, 0.717) is 29.1 Å². The summed E-state index contributed by atoms with van der Waals surface area (Å²) in [6.07, 6.45) is 1.06. The van der Waals surface area contributed by atoms with Gasteiger partial charge in [-0.05, 0) is 48.9 Å². The minimum atomic E-state index is -3.43. The molecule has 0 spiro atoms. The van der Waals surface area contributed by atoms with Crippen molar-refractivity contribution in [1.29, 1.82) is 0 Å². The zero-order valence-electron chi connectivity index (χ0n) is 14.8. The summed E-state index contributed by atoms with van der Waals surface area (Å²) < 4.78 is 43.6.